The Bertz CT molecular complexity index is 447. The van der Waals surface area contributed by atoms with Crippen LogP contribution in [0.4, 0.5) is 0 Å². The van der Waals surface area contributed by atoms with Gasteiger partial charge in [-0.1, -0.05) is 30.3 Å². The standard InChI is InChI=1S/C15H19N3/c16-11-15(17-14-6-7-14)8-9-18(12-15)10-13-4-2-1-3-5-13/h1-5,14,17H,6-10,12H2. The number of hydrogen-bond donors (Lipinski definition) is 1. The monoisotopic (exact) mass is 241 g/mol. The Hall–Kier alpha value is -1.37. The van der Waals surface area contributed by atoms with E-state index in [-0.39, 0.29) is 5.54 Å². The van der Waals surface area contributed by atoms with Gasteiger partial charge in [0.05, 0.1) is 6.07 Å². The molecule has 1 aromatic rings. The van der Waals surface area contributed by atoms with E-state index >= 15 is 0 Å². The van der Waals surface area contributed by atoms with Crippen molar-refractivity contribution in [3.05, 3.63) is 35.9 Å². The molecule has 1 aliphatic carbocycles. The van der Waals surface area contributed by atoms with Crippen molar-refractivity contribution in [2.24, 2.45) is 0 Å². The summed E-state index contributed by atoms with van der Waals surface area (Å²) >= 11 is 0. The summed E-state index contributed by atoms with van der Waals surface area (Å²) in [5.41, 5.74) is 1.04. The predicted molar refractivity (Wildman–Crippen MR) is 70.8 cm³/mol. The third kappa shape index (κ3) is 2.55. The molecular weight excluding hydrogens is 222 g/mol. The van der Waals surface area contributed by atoms with Crippen molar-refractivity contribution in [2.45, 2.75) is 37.4 Å². The van der Waals surface area contributed by atoms with Gasteiger partial charge >= 0.3 is 0 Å². The van der Waals surface area contributed by atoms with Crippen LogP contribution in [-0.2, 0) is 6.54 Å². The van der Waals surface area contributed by atoms with Crippen LogP contribution >= 0.6 is 0 Å². The van der Waals surface area contributed by atoms with Gasteiger partial charge in [0.1, 0.15) is 5.54 Å². The smallest absolute Gasteiger partial charge is 0.121 e. The molecule has 3 heteroatoms. The number of nitrogens with zero attached hydrogens (tertiary/aromatic N) is 2. The molecule has 2 aliphatic rings. The first-order valence-corrected chi connectivity index (χ1v) is 6.75. The highest BCUT2D eigenvalue weighted by atomic mass is 15.2. The summed E-state index contributed by atoms with van der Waals surface area (Å²) in [4.78, 5) is 2.38. The molecule has 1 N–H and O–H groups in total. The maximum absolute atomic E-state index is 9.44. The highest BCUT2D eigenvalue weighted by Gasteiger charge is 2.41. The second-order valence-corrected chi connectivity index (χ2v) is 5.56. The molecule has 0 amide bonds. The minimum atomic E-state index is -0.296. The molecule has 18 heavy (non-hydrogen) atoms. The van der Waals surface area contributed by atoms with E-state index in [9.17, 15) is 5.26 Å². The van der Waals surface area contributed by atoms with Crippen LogP contribution in [0.5, 0.6) is 0 Å². The fraction of sp³-hybridized carbons (Fsp3) is 0.533. The predicted octanol–water partition coefficient (Wildman–Crippen LogP) is 1.91. The van der Waals surface area contributed by atoms with Crippen LogP contribution in [0.2, 0.25) is 0 Å². The van der Waals surface area contributed by atoms with Crippen molar-refractivity contribution >= 4 is 0 Å². The van der Waals surface area contributed by atoms with Crippen LogP contribution in [-0.4, -0.2) is 29.6 Å². The lowest BCUT2D eigenvalue weighted by atomic mass is 10.0. The van der Waals surface area contributed by atoms with E-state index in [0.29, 0.717) is 6.04 Å². The average molecular weight is 241 g/mol. The SMILES string of the molecule is N#CC1(NC2CC2)CCN(Cc2ccccc2)C1. The lowest BCUT2D eigenvalue weighted by molar-refractivity contribution is 0.302. The molecule has 1 aliphatic heterocycles. The summed E-state index contributed by atoms with van der Waals surface area (Å²) in [5, 5.41) is 13.0. The Morgan fingerprint density at radius 1 is 1.33 bits per heavy atom. The van der Waals surface area contributed by atoms with Crippen LogP contribution in [0.1, 0.15) is 24.8 Å². The molecule has 1 aromatic carbocycles. The highest BCUT2D eigenvalue weighted by molar-refractivity contribution is 5.18. The van der Waals surface area contributed by atoms with Crippen molar-refractivity contribution in [2.75, 3.05) is 13.1 Å². The molecule has 1 heterocycles. The zero-order valence-electron chi connectivity index (χ0n) is 10.6. The largest absolute Gasteiger partial charge is 0.296 e. The Morgan fingerprint density at radius 2 is 2.11 bits per heavy atom. The maximum Gasteiger partial charge on any atom is 0.121 e. The van der Waals surface area contributed by atoms with E-state index in [0.717, 1.165) is 26.1 Å². The minimum absolute atomic E-state index is 0.296. The molecule has 3 nitrogen and oxygen atoms in total. The lowest BCUT2D eigenvalue weighted by Gasteiger charge is -2.23. The number of nitrogens with one attached hydrogen (secondary N) is 1. The van der Waals surface area contributed by atoms with Gasteiger partial charge in [0.25, 0.3) is 0 Å². The first-order valence-electron chi connectivity index (χ1n) is 6.75. The molecular formula is C15H19N3. The van der Waals surface area contributed by atoms with E-state index in [1.54, 1.807) is 0 Å². The van der Waals surface area contributed by atoms with Gasteiger partial charge in [0, 0.05) is 25.7 Å². The van der Waals surface area contributed by atoms with Gasteiger partial charge in [-0.2, -0.15) is 5.26 Å². The zero-order chi connectivity index (χ0) is 12.4. The molecule has 94 valence electrons. The number of benzene rings is 1. The molecule has 0 aromatic heterocycles. The van der Waals surface area contributed by atoms with Crippen LogP contribution in [0, 0.1) is 11.3 Å². The average Bonchev–Trinajstić information content (AvgIpc) is 3.12. The molecule has 1 atom stereocenters. The van der Waals surface area contributed by atoms with Crippen molar-refractivity contribution < 1.29 is 0 Å². The van der Waals surface area contributed by atoms with Gasteiger partial charge in [0.2, 0.25) is 0 Å². The summed E-state index contributed by atoms with van der Waals surface area (Å²) in [6.07, 6.45) is 3.43. The maximum atomic E-state index is 9.44. The summed E-state index contributed by atoms with van der Waals surface area (Å²) in [6.45, 7) is 2.83. The summed E-state index contributed by atoms with van der Waals surface area (Å²) in [7, 11) is 0. The Morgan fingerprint density at radius 3 is 2.78 bits per heavy atom. The first kappa shape index (κ1) is 11.7. The van der Waals surface area contributed by atoms with Crippen LogP contribution in [0.25, 0.3) is 0 Å². The van der Waals surface area contributed by atoms with E-state index in [2.05, 4.69) is 40.6 Å². The van der Waals surface area contributed by atoms with Crippen molar-refractivity contribution in [3.8, 4) is 6.07 Å². The lowest BCUT2D eigenvalue weighted by Crippen LogP contribution is -2.47. The minimum Gasteiger partial charge on any atom is -0.296 e. The van der Waals surface area contributed by atoms with Gasteiger partial charge < -0.3 is 0 Å². The number of nitriles is 1. The van der Waals surface area contributed by atoms with Crippen LogP contribution in [0.3, 0.4) is 0 Å². The third-order valence-corrected chi connectivity index (χ3v) is 3.87. The van der Waals surface area contributed by atoms with E-state index < -0.39 is 0 Å². The number of likely N-dealkylation sites (tertiary alicyclic amines) is 1. The second kappa shape index (κ2) is 4.72. The molecule has 1 saturated carbocycles. The van der Waals surface area contributed by atoms with E-state index in [1.165, 1.54) is 18.4 Å². The fourth-order valence-electron chi connectivity index (χ4n) is 2.73. The molecule has 0 spiro atoms. The van der Waals surface area contributed by atoms with Crippen molar-refractivity contribution in [1.29, 1.82) is 5.26 Å². The van der Waals surface area contributed by atoms with Gasteiger partial charge in [0.15, 0.2) is 0 Å². The summed E-state index contributed by atoms with van der Waals surface area (Å²) in [5.74, 6) is 0. The van der Waals surface area contributed by atoms with Crippen LogP contribution < -0.4 is 5.32 Å². The molecule has 1 saturated heterocycles. The van der Waals surface area contributed by atoms with Crippen LogP contribution in [0.15, 0.2) is 30.3 Å². The fourth-order valence-corrected chi connectivity index (χ4v) is 2.73. The molecule has 2 fully saturated rings. The van der Waals surface area contributed by atoms with Gasteiger partial charge in [-0.3, -0.25) is 10.2 Å². The molecule has 0 radical (unpaired) electrons. The van der Waals surface area contributed by atoms with Crippen molar-refractivity contribution in [3.63, 3.8) is 0 Å². The number of rotatable bonds is 4. The highest BCUT2D eigenvalue weighted by Crippen LogP contribution is 2.28. The molecule has 1 unspecified atom stereocenters. The normalized spacial score (nSPS) is 28.2. The molecule has 3 rings (SSSR count). The number of hydrogen-bond acceptors (Lipinski definition) is 3. The van der Waals surface area contributed by atoms with E-state index in [1.807, 2.05) is 6.07 Å². The molecule has 0 bridgehead atoms. The topological polar surface area (TPSA) is 39.1 Å². The van der Waals surface area contributed by atoms with Gasteiger partial charge in [-0.05, 0) is 24.8 Å². The van der Waals surface area contributed by atoms with Crippen molar-refractivity contribution in [1.82, 2.24) is 10.2 Å². The summed E-state index contributed by atoms with van der Waals surface area (Å²) in [6, 6.07) is 13.6. The van der Waals surface area contributed by atoms with Gasteiger partial charge in [-0.25, -0.2) is 0 Å². The Labute approximate surface area is 108 Å². The van der Waals surface area contributed by atoms with E-state index in [4.69, 9.17) is 0 Å². The Balaban J connectivity index is 1.62. The Kier molecular flexibility index (Phi) is 3.07. The summed E-state index contributed by atoms with van der Waals surface area (Å²) < 4.78 is 0. The second-order valence-electron chi connectivity index (χ2n) is 5.56. The van der Waals surface area contributed by atoms with Gasteiger partial charge in [-0.15, -0.1) is 0 Å². The quantitative estimate of drug-likeness (QED) is 0.875. The zero-order valence-corrected chi connectivity index (χ0v) is 10.6. The first-order chi connectivity index (χ1) is 8.80. The third-order valence-electron chi connectivity index (χ3n) is 3.87.